The molecule has 102 valence electrons. The molecular formula is C14H7Cl3FNO. The van der Waals surface area contributed by atoms with E-state index in [-0.39, 0.29) is 12.2 Å². The molecule has 0 saturated heterocycles. The summed E-state index contributed by atoms with van der Waals surface area (Å²) in [6, 6.07) is 8.79. The summed E-state index contributed by atoms with van der Waals surface area (Å²) in [4.78, 5) is 0. The molecule has 0 heterocycles. The maximum atomic E-state index is 13.3. The summed E-state index contributed by atoms with van der Waals surface area (Å²) in [6.45, 7) is 0.0596. The largest absolute Gasteiger partial charge is 0.487 e. The van der Waals surface area contributed by atoms with Crippen LogP contribution < -0.4 is 4.74 Å². The predicted molar refractivity (Wildman–Crippen MR) is 76.9 cm³/mol. The first kappa shape index (κ1) is 14.9. The number of hydrogen-bond acceptors (Lipinski definition) is 2. The Hall–Kier alpha value is -1.47. The molecule has 0 aromatic heterocycles. The lowest BCUT2D eigenvalue weighted by atomic mass is 10.1. The second-order valence-electron chi connectivity index (χ2n) is 3.95. The minimum atomic E-state index is -0.497. The van der Waals surface area contributed by atoms with Crippen LogP contribution in [-0.4, -0.2) is 0 Å². The van der Waals surface area contributed by atoms with Gasteiger partial charge in [-0.05, 0) is 29.8 Å². The standard InChI is InChI=1S/C14H7Cl3FNO/c15-11-4-13(17)14(5-12(11)16)20-7-9-1-8(6-19)2-10(18)3-9/h1-5H,7H2. The van der Waals surface area contributed by atoms with Crippen molar-refractivity contribution in [3.63, 3.8) is 0 Å². The summed E-state index contributed by atoms with van der Waals surface area (Å²) < 4.78 is 18.7. The lowest BCUT2D eigenvalue weighted by Crippen LogP contribution is -1.97. The molecule has 0 radical (unpaired) electrons. The molecular weight excluding hydrogens is 324 g/mol. The minimum Gasteiger partial charge on any atom is -0.487 e. The molecule has 2 aromatic rings. The summed E-state index contributed by atoms with van der Waals surface area (Å²) in [5.74, 6) is -0.160. The van der Waals surface area contributed by atoms with Gasteiger partial charge in [0.1, 0.15) is 18.2 Å². The summed E-state index contributed by atoms with van der Waals surface area (Å²) in [5.41, 5.74) is 0.743. The maximum absolute atomic E-state index is 13.3. The highest BCUT2D eigenvalue weighted by molar-refractivity contribution is 6.43. The summed E-state index contributed by atoms with van der Waals surface area (Å²) in [7, 11) is 0. The van der Waals surface area contributed by atoms with Crippen LogP contribution in [0.4, 0.5) is 4.39 Å². The molecule has 0 atom stereocenters. The molecule has 2 rings (SSSR count). The average molecular weight is 331 g/mol. The Balaban J connectivity index is 2.19. The highest BCUT2D eigenvalue weighted by Gasteiger charge is 2.08. The van der Waals surface area contributed by atoms with E-state index in [4.69, 9.17) is 44.8 Å². The molecule has 0 aliphatic heterocycles. The van der Waals surface area contributed by atoms with Crippen LogP contribution in [-0.2, 0) is 6.61 Å². The van der Waals surface area contributed by atoms with E-state index < -0.39 is 5.82 Å². The summed E-state index contributed by atoms with van der Waals surface area (Å²) >= 11 is 17.6. The van der Waals surface area contributed by atoms with Gasteiger partial charge in [-0.15, -0.1) is 0 Å². The number of nitriles is 1. The highest BCUT2D eigenvalue weighted by atomic mass is 35.5. The third kappa shape index (κ3) is 3.55. The van der Waals surface area contributed by atoms with Crippen molar-refractivity contribution in [2.45, 2.75) is 6.61 Å². The Morgan fingerprint density at radius 1 is 1.00 bits per heavy atom. The average Bonchev–Trinajstić information content (AvgIpc) is 2.40. The number of ether oxygens (including phenoxy) is 1. The van der Waals surface area contributed by atoms with Gasteiger partial charge in [0.2, 0.25) is 0 Å². The molecule has 0 spiro atoms. The van der Waals surface area contributed by atoms with Gasteiger partial charge in [0.05, 0.1) is 26.7 Å². The number of nitrogens with zero attached hydrogens (tertiary/aromatic N) is 1. The van der Waals surface area contributed by atoms with Crippen molar-refractivity contribution in [1.82, 2.24) is 0 Å². The lowest BCUT2D eigenvalue weighted by Gasteiger charge is -2.09. The normalized spacial score (nSPS) is 10.2. The third-order valence-electron chi connectivity index (χ3n) is 2.46. The van der Waals surface area contributed by atoms with Crippen molar-refractivity contribution in [3.8, 4) is 11.8 Å². The van der Waals surface area contributed by atoms with E-state index >= 15 is 0 Å². The molecule has 0 bridgehead atoms. The van der Waals surface area contributed by atoms with Crippen LogP contribution in [0.3, 0.4) is 0 Å². The van der Waals surface area contributed by atoms with Gasteiger partial charge in [0, 0.05) is 6.07 Å². The van der Waals surface area contributed by atoms with Gasteiger partial charge < -0.3 is 4.74 Å². The van der Waals surface area contributed by atoms with Gasteiger partial charge in [-0.1, -0.05) is 34.8 Å². The molecule has 6 heteroatoms. The van der Waals surface area contributed by atoms with E-state index in [1.165, 1.54) is 24.3 Å². The zero-order chi connectivity index (χ0) is 14.7. The van der Waals surface area contributed by atoms with Gasteiger partial charge >= 0.3 is 0 Å². The molecule has 0 aliphatic rings. The van der Waals surface area contributed by atoms with Gasteiger partial charge in [-0.2, -0.15) is 5.26 Å². The SMILES string of the molecule is N#Cc1cc(F)cc(COc2cc(Cl)c(Cl)cc2Cl)c1. The van der Waals surface area contributed by atoms with E-state index in [2.05, 4.69) is 0 Å². The Morgan fingerprint density at radius 3 is 2.40 bits per heavy atom. The Bertz CT molecular complexity index is 698. The van der Waals surface area contributed by atoms with Gasteiger partial charge in [0.25, 0.3) is 0 Å². The molecule has 20 heavy (non-hydrogen) atoms. The van der Waals surface area contributed by atoms with Crippen LogP contribution in [0.15, 0.2) is 30.3 Å². The van der Waals surface area contributed by atoms with Crippen LogP contribution in [0.2, 0.25) is 15.1 Å². The van der Waals surface area contributed by atoms with E-state index in [1.807, 2.05) is 6.07 Å². The molecule has 2 nitrogen and oxygen atoms in total. The lowest BCUT2D eigenvalue weighted by molar-refractivity contribution is 0.306. The number of benzene rings is 2. The van der Waals surface area contributed by atoms with Crippen LogP contribution in [0.1, 0.15) is 11.1 Å². The number of rotatable bonds is 3. The van der Waals surface area contributed by atoms with E-state index in [1.54, 1.807) is 0 Å². The van der Waals surface area contributed by atoms with E-state index in [0.717, 1.165) is 6.07 Å². The molecule has 0 unspecified atom stereocenters. The highest BCUT2D eigenvalue weighted by Crippen LogP contribution is 2.34. The molecule has 2 aromatic carbocycles. The fourth-order valence-electron chi connectivity index (χ4n) is 1.57. The Kier molecular flexibility index (Phi) is 4.72. The van der Waals surface area contributed by atoms with E-state index in [9.17, 15) is 4.39 Å². The van der Waals surface area contributed by atoms with Crippen molar-refractivity contribution in [2.24, 2.45) is 0 Å². The first-order valence-electron chi connectivity index (χ1n) is 5.46. The molecule has 0 fully saturated rings. The van der Waals surface area contributed by atoms with Crippen LogP contribution >= 0.6 is 34.8 Å². The second-order valence-corrected chi connectivity index (χ2v) is 5.17. The first-order chi connectivity index (χ1) is 9.49. The van der Waals surface area contributed by atoms with Crippen LogP contribution in [0.5, 0.6) is 5.75 Å². The summed E-state index contributed by atoms with van der Waals surface area (Å²) in [5, 5.41) is 9.70. The monoisotopic (exact) mass is 329 g/mol. The molecule has 0 amide bonds. The fourth-order valence-corrected chi connectivity index (χ4v) is 2.17. The molecule has 0 N–H and O–H groups in total. The van der Waals surface area contributed by atoms with Crippen molar-refractivity contribution in [3.05, 3.63) is 62.3 Å². The van der Waals surface area contributed by atoms with Gasteiger partial charge in [-0.25, -0.2) is 4.39 Å². The van der Waals surface area contributed by atoms with Crippen molar-refractivity contribution >= 4 is 34.8 Å². The zero-order valence-electron chi connectivity index (χ0n) is 9.96. The minimum absolute atomic E-state index is 0.0596. The topological polar surface area (TPSA) is 33.0 Å². The summed E-state index contributed by atoms with van der Waals surface area (Å²) in [6.07, 6.45) is 0. The van der Waals surface area contributed by atoms with Crippen molar-refractivity contribution in [2.75, 3.05) is 0 Å². The van der Waals surface area contributed by atoms with Gasteiger partial charge in [-0.3, -0.25) is 0 Å². The fraction of sp³-hybridized carbons (Fsp3) is 0.0714. The number of hydrogen-bond donors (Lipinski definition) is 0. The van der Waals surface area contributed by atoms with Crippen LogP contribution in [0.25, 0.3) is 0 Å². The van der Waals surface area contributed by atoms with Crippen molar-refractivity contribution < 1.29 is 9.13 Å². The smallest absolute Gasteiger partial charge is 0.139 e. The van der Waals surface area contributed by atoms with Crippen molar-refractivity contribution in [1.29, 1.82) is 5.26 Å². The number of halogens is 4. The van der Waals surface area contributed by atoms with Crippen LogP contribution in [0, 0.1) is 17.1 Å². The third-order valence-corrected chi connectivity index (χ3v) is 3.47. The Morgan fingerprint density at radius 2 is 1.70 bits per heavy atom. The molecule has 0 aliphatic carbocycles. The zero-order valence-corrected chi connectivity index (χ0v) is 12.2. The second kappa shape index (κ2) is 6.32. The maximum Gasteiger partial charge on any atom is 0.139 e. The first-order valence-corrected chi connectivity index (χ1v) is 6.60. The molecule has 0 saturated carbocycles. The van der Waals surface area contributed by atoms with E-state index in [0.29, 0.717) is 26.4 Å². The van der Waals surface area contributed by atoms with Gasteiger partial charge in [0.15, 0.2) is 0 Å². The Labute approximate surface area is 130 Å². The predicted octanol–water partition coefficient (Wildman–Crippen LogP) is 5.24. The quantitative estimate of drug-likeness (QED) is 0.721.